The monoisotopic (exact) mass is 562 g/mol. The zero-order chi connectivity index (χ0) is 27.8. The first-order valence-electron chi connectivity index (χ1n) is 10.5. The van der Waals surface area contributed by atoms with Crippen LogP contribution < -0.4 is 11.3 Å². The Kier molecular flexibility index (Phi) is 12.2. The lowest BCUT2D eigenvalue weighted by atomic mass is 10.1. The number of hydrogen-bond donors (Lipinski definition) is 9. The van der Waals surface area contributed by atoms with Crippen molar-refractivity contribution in [2.75, 3.05) is 32.0 Å². The predicted molar refractivity (Wildman–Crippen MR) is 124 cm³/mol. The van der Waals surface area contributed by atoms with Gasteiger partial charge in [-0.2, -0.15) is 9.29 Å². The first-order valence-corrected chi connectivity index (χ1v) is 13.5. The van der Waals surface area contributed by atoms with E-state index in [1.807, 2.05) is 0 Å². The minimum absolute atomic E-state index is 0.0388. The van der Waals surface area contributed by atoms with E-state index in [-0.39, 0.29) is 17.1 Å². The summed E-state index contributed by atoms with van der Waals surface area (Å²) in [7, 11) is -10.1. The predicted octanol–water partition coefficient (Wildman–Crippen LogP) is -2.15. The van der Waals surface area contributed by atoms with E-state index in [1.54, 1.807) is 0 Å². The van der Waals surface area contributed by atoms with Gasteiger partial charge >= 0.3 is 15.6 Å². The summed E-state index contributed by atoms with van der Waals surface area (Å²) in [5.74, 6) is -0.101. The van der Waals surface area contributed by atoms with Crippen LogP contribution in [0.4, 0.5) is 5.95 Å². The van der Waals surface area contributed by atoms with Crippen molar-refractivity contribution in [3.63, 3.8) is 0 Å². The van der Waals surface area contributed by atoms with Crippen LogP contribution in [0.15, 0.2) is 11.1 Å². The number of nitrogens with two attached hydrogens (primary N) is 1. The Labute approximate surface area is 204 Å². The lowest BCUT2D eigenvalue weighted by Crippen LogP contribution is -2.33. The number of aromatic nitrogens is 4. The molecule has 0 aromatic carbocycles. The average Bonchev–Trinajstić information content (AvgIpc) is 3.29. The summed E-state index contributed by atoms with van der Waals surface area (Å²) in [4.78, 5) is 55.1. The molecule has 0 bridgehead atoms. The maximum absolute atomic E-state index is 11.7. The standard InChI is InChI=1S/C10H13N5O5.C6H15N.H4O7P2/c11-10-13-7-4(8(19)14-10)12-2-15(7)9-6(18)5(17)3(1-16)20-9;1-4-7(5-2)6-3;1-8(2,3)7-9(4,5)6/h2-3,5-6,9,16-18H,1H2,(H3,11,13,14,19);4-6H2,1-3H3;(H2,1,2,3)(H2,4,5,6)/t3-,5-,6-,9-;;/m1../s1. The third kappa shape index (κ3) is 9.59. The number of aliphatic hydroxyl groups is 3. The van der Waals surface area contributed by atoms with Crippen LogP contribution in [-0.2, 0) is 18.2 Å². The summed E-state index contributed by atoms with van der Waals surface area (Å²) in [5, 5.41) is 28.7. The van der Waals surface area contributed by atoms with Crippen LogP contribution in [-0.4, -0.2) is 104 Å². The van der Waals surface area contributed by atoms with Crippen molar-refractivity contribution < 1.29 is 53.1 Å². The summed E-state index contributed by atoms with van der Waals surface area (Å²) in [6, 6.07) is 0. The van der Waals surface area contributed by atoms with Gasteiger partial charge in [0.15, 0.2) is 17.4 Å². The third-order valence-electron chi connectivity index (χ3n) is 4.80. The van der Waals surface area contributed by atoms with Crippen molar-refractivity contribution in [3.05, 3.63) is 16.7 Å². The molecule has 208 valence electrons. The number of rotatable bonds is 7. The van der Waals surface area contributed by atoms with E-state index >= 15 is 0 Å². The number of fused-ring (bicyclic) bond motifs is 1. The van der Waals surface area contributed by atoms with E-state index in [0.717, 1.165) is 0 Å². The van der Waals surface area contributed by atoms with Crippen LogP contribution in [0.5, 0.6) is 0 Å². The Morgan fingerprint density at radius 3 is 2.00 bits per heavy atom. The van der Waals surface area contributed by atoms with E-state index < -0.39 is 52.4 Å². The average molecular weight is 562 g/mol. The molecule has 0 saturated carbocycles. The lowest BCUT2D eigenvalue weighted by Gasteiger charge is -2.16. The number of anilines is 1. The molecule has 10 N–H and O–H groups in total. The lowest BCUT2D eigenvalue weighted by molar-refractivity contribution is -0.0511. The Bertz CT molecular complexity index is 1090. The van der Waals surface area contributed by atoms with Gasteiger partial charge in [-0.1, -0.05) is 20.8 Å². The first kappa shape index (κ1) is 32.2. The van der Waals surface area contributed by atoms with Crippen LogP contribution in [0.3, 0.4) is 0 Å². The fraction of sp³-hybridized carbons (Fsp3) is 0.688. The molecular formula is C16H32N6O12P2. The van der Waals surface area contributed by atoms with Crippen molar-refractivity contribution >= 4 is 32.8 Å². The van der Waals surface area contributed by atoms with Crippen LogP contribution >= 0.6 is 15.6 Å². The van der Waals surface area contributed by atoms with Crippen LogP contribution in [0, 0.1) is 0 Å². The zero-order valence-corrected chi connectivity index (χ0v) is 21.4. The maximum atomic E-state index is 11.7. The number of nitrogen functional groups attached to an aromatic ring is 1. The number of aliphatic hydroxyl groups excluding tert-OH is 3. The second-order valence-corrected chi connectivity index (χ2v) is 9.80. The van der Waals surface area contributed by atoms with Crippen molar-refractivity contribution in [1.29, 1.82) is 0 Å². The molecule has 0 aliphatic carbocycles. The number of aromatic amines is 1. The number of hydrogen-bond acceptors (Lipinski definition) is 12. The molecule has 20 heteroatoms. The molecule has 3 rings (SSSR count). The molecule has 1 fully saturated rings. The van der Waals surface area contributed by atoms with Gasteiger partial charge < -0.3 is 50.3 Å². The van der Waals surface area contributed by atoms with E-state index in [9.17, 15) is 24.1 Å². The molecule has 18 nitrogen and oxygen atoms in total. The Balaban J connectivity index is 0.000000338. The summed E-state index contributed by atoms with van der Waals surface area (Å²) >= 11 is 0. The van der Waals surface area contributed by atoms with Crippen molar-refractivity contribution in [3.8, 4) is 0 Å². The van der Waals surface area contributed by atoms with Gasteiger partial charge in [0.1, 0.15) is 18.3 Å². The van der Waals surface area contributed by atoms with E-state index in [2.05, 4.69) is 44.9 Å². The molecule has 3 heterocycles. The molecule has 1 aliphatic heterocycles. The fourth-order valence-corrected chi connectivity index (χ4v) is 4.16. The second kappa shape index (κ2) is 13.7. The highest BCUT2D eigenvalue weighted by molar-refractivity contribution is 7.60. The molecule has 0 amide bonds. The van der Waals surface area contributed by atoms with Gasteiger partial charge in [0.2, 0.25) is 5.95 Å². The van der Waals surface area contributed by atoms with Crippen molar-refractivity contribution in [1.82, 2.24) is 24.4 Å². The first-order chi connectivity index (χ1) is 16.6. The largest absolute Gasteiger partial charge is 0.478 e. The highest BCUT2D eigenvalue weighted by Gasteiger charge is 2.44. The van der Waals surface area contributed by atoms with Gasteiger partial charge in [-0.15, -0.1) is 0 Å². The number of imidazole rings is 1. The molecule has 36 heavy (non-hydrogen) atoms. The van der Waals surface area contributed by atoms with Gasteiger partial charge in [-0.05, 0) is 19.6 Å². The molecule has 4 atom stereocenters. The SMILES string of the molecule is CCN(CC)CC.Nc1nc2c(ncn2[C@@H]2O[C@H](CO)[C@@H](O)[C@H]2O)c(=O)[nH]1.O=P(O)(O)OP(=O)(O)O. The van der Waals surface area contributed by atoms with Gasteiger partial charge in [-0.3, -0.25) is 14.3 Å². The smallest absolute Gasteiger partial charge is 0.394 e. The summed E-state index contributed by atoms with van der Waals surface area (Å²) in [5.41, 5.74) is 5.12. The number of phosphoric acid groups is 2. The van der Waals surface area contributed by atoms with Gasteiger partial charge in [0.05, 0.1) is 12.9 Å². The van der Waals surface area contributed by atoms with Crippen molar-refractivity contribution in [2.24, 2.45) is 0 Å². The Morgan fingerprint density at radius 1 is 1.11 bits per heavy atom. The topological polar surface area (TPSA) is 287 Å². The van der Waals surface area contributed by atoms with Gasteiger partial charge in [0.25, 0.3) is 5.56 Å². The number of nitrogens with zero attached hydrogens (tertiary/aromatic N) is 4. The van der Waals surface area contributed by atoms with Crippen molar-refractivity contribution in [2.45, 2.75) is 45.3 Å². The molecule has 2 aromatic rings. The number of H-pyrrole nitrogens is 1. The molecule has 1 aliphatic rings. The normalized spacial score (nSPS) is 22.2. The molecular weight excluding hydrogens is 530 g/mol. The summed E-state index contributed by atoms with van der Waals surface area (Å²) in [6.45, 7) is 9.68. The van der Waals surface area contributed by atoms with E-state index in [0.29, 0.717) is 0 Å². The highest BCUT2D eigenvalue weighted by Crippen LogP contribution is 2.53. The Morgan fingerprint density at radius 2 is 1.64 bits per heavy atom. The quantitative estimate of drug-likeness (QED) is 0.163. The minimum atomic E-state index is -5.05. The van der Waals surface area contributed by atoms with Gasteiger partial charge in [0, 0.05) is 0 Å². The minimum Gasteiger partial charge on any atom is -0.394 e. The summed E-state index contributed by atoms with van der Waals surface area (Å²) < 4.78 is 28.9. The molecule has 0 spiro atoms. The Hall–Kier alpha value is -1.79. The molecule has 0 unspecified atom stereocenters. The zero-order valence-electron chi connectivity index (χ0n) is 19.6. The molecule has 2 aromatic heterocycles. The van der Waals surface area contributed by atoms with Gasteiger partial charge in [-0.25, -0.2) is 14.1 Å². The maximum Gasteiger partial charge on any atom is 0.478 e. The number of ether oxygens (including phenoxy) is 1. The fourth-order valence-electron chi connectivity index (χ4n) is 3.05. The van der Waals surface area contributed by atoms with Crippen LogP contribution in [0.1, 0.15) is 27.0 Å². The van der Waals surface area contributed by atoms with Crippen LogP contribution in [0.25, 0.3) is 11.2 Å². The molecule has 0 radical (unpaired) electrons. The van der Waals surface area contributed by atoms with E-state index in [1.165, 1.54) is 30.5 Å². The summed E-state index contributed by atoms with van der Waals surface area (Å²) in [6.07, 6.45) is -3.21. The molecule has 1 saturated heterocycles. The second-order valence-electron chi connectivity index (χ2n) is 7.19. The third-order valence-corrected chi connectivity index (χ3v) is 6.50. The van der Waals surface area contributed by atoms with E-state index in [4.69, 9.17) is 35.2 Å². The number of nitrogens with one attached hydrogen (secondary N) is 1. The van der Waals surface area contributed by atoms with Crippen LogP contribution in [0.2, 0.25) is 0 Å². The highest BCUT2D eigenvalue weighted by atomic mass is 31.3.